The molecule has 1 aliphatic heterocycles. The molecule has 1 aromatic heterocycles. The average Bonchev–Trinajstić information content (AvgIpc) is 2.17. The van der Waals surface area contributed by atoms with E-state index < -0.39 is 0 Å². The number of amides is 2. The number of nitrogens with zero attached hydrogens (tertiary/aromatic N) is 1. The van der Waals surface area contributed by atoms with Crippen molar-refractivity contribution in [3.63, 3.8) is 0 Å². The van der Waals surface area contributed by atoms with Crippen molar-refractivity contribution in [2.75, 3.05) is 25.0 Å². The maximum atomic E-state index is 11.4. The van der Waals surface area contributed by atoms with Gasteiger partial charge >= 0.3 is 6.03 Å². The normalized spacial score (nSPS) is 15.5. The SMILES string of the molecule is O=C(NCC1CNC1)Nc1ccccn1. The van der Waals surface area contributed by atoms with E-state index in [9.17, 15) is 4.79 Å². The summed E-state index contributed by atoms with van der Waals surface area (Å²) in [7, 11) is 0. The van der Waals surface area contributed by atoms with Crippen LogP contribution in [0.1, 0.15) is 0 Å². The quantitative estimate of drug-likeness (QED) is 0.671. The molecule has 2 rings (SSSR count). The third-order valence-corrected chi connectivity index (χ3v) is 2.32. The van der Waals surface area contributed by atoms with Gasteiger partial charge in [-0.25, -0.2) is 9.78 Å². The second-order valence-corrected chi connectivity index (χ2v) is 3.57. The average molecular weight is 206 g/mol. The lowest BCUT2D eigenvalue weighted by Gasteiger charge is -2.26. The zero-order valence-corrected chi connectivity index (χ0v) is 8.36. The smallest absolute Gasteiger partial charge is 0.320 e. The molecule has 1 aliphatic rings. The van der Waals surface area contributed by atoms with Crippen molar-refractivity contribution in [1.82, 2.24) is 15.6 Å². The van der Waals surface area contributed by atoms with Crippen LogP contribution in [0.4, 0.5) is 10.6 Å². The number of carbonyl (C=O) groups excluding carboxylic acids is 1. The van der Waals surface area contributed by atoms with Crippen molar-refractivity contribution in [1.29, 1.82) is 0 Å². The van der Waals surface area contributed by atoms with Crippen molar-refractivity contribution >= 4 is 11.8 Å². The Balaban J connectivity index is 1.72. The Morgan fingerprint density at radius 3 is 3.00 bits per heavy atom. The lowest BCUT2D eigenvalue weighted by molar-refractivity contribution is 0.246. The Morgan fingerprint density at radius 1 is 1.53 bits per heavy atom. The van der Waals surface area contributed by atoms with Crippen molar-refractivity contribution in [3.8, 4) is 0 Å². The standard InChI is InChI=1S/C10H14N4O/c15-10(13-7-8-5-11-6-8)14-9-3-1-2-4-12-9/h1-4,8,11H,5-7H2,(H2,12,13,14,15). The fourth-order valence-electron chi connectivity index (χ4n) is 1.33. The second-order valence-electron chi connectivity index (χ2n) is 3.57. The number of anilines is 1. The first-order valence-electron chi connectivity index (χ1n) is 5.01. The number of rotatable bonds is 3. The molecule has 0 atom stereocenters. The van der Waals surface area contributed by atoms with Gasteiger partial charge in [0.25, 0.3) is 0 Å². The molecule has 1 aromatic rings. The van der Waals surface area contributed by atoms with Gasteiger partial charge < -0.3 is 10.6 Å². The van der Waals surface area contributed by atoms with Gasteiger partial charge in [-0.2, -0.15) is 0 Å². The molecule has 0 aromatic carbocycles. The largest absolute Gasteiger partial charge is 0.337 e. The number of hydrogen-bond acceptors (Lipinski definition) is 3. The van der Waals surface area contributed by atoms with Crippen LogP contribution < -0.4 is 16.0 Å². The lowest BCUT2D eigenvalue weighted by Crippen LogP contribution is -2.48. The zero-order chi connectivity index (χ0) is 10.5. The molecular weight excluding hydrogens is 192 g/mol. The minimum atomic E-state index is -0.194. The number of aromatic nitrogens is 1. The first kappa shape index (κ1) is 9.92. The van der Waals surface area contributed by atoms with E-state index in [1.807, 2.05) is 12.1 Å². The Kier molecular flexibility index (Phi) is 3.14. The lowest BCUT2D eigenvalue weighted by atomic mass is 10.0. The zero-order valence-electron chi connectivity index (χ0n) is 8.36. The van der Waals surface area contributed by atoms with Crippen LogP contribution in [-0.4, -0.2) is 30.6 Å². The Morgan fingerprint density at radius 2 is 2.40 bits per heavy atom. The van der Waals surface area contributed by atoms with Crippen molar-refractivity contribution in [3.05, 3.63) is 24.4 Å². The highest BCUT2D eigenvalue weighted by molar-refractivity contribution is 5.88. The highest BCUT2D eigenvalue weighted by Crippen LogP contribution is 2.01. The van der Waals surface area contributed by atoms with E-state index in [0.29, 0.717) is 18.3 Å². The van der Waals surface area contributed by atoms with Crippen LogP contribution in [0.25, 0.3) is 0 Å². The summed E-state index contributed by atoms with van der Waals surface area (Å²) >= 11 is 0. The molecule has 5 heteroatoms. The fraction of sp³-hybridized carbons (Fsp3) is 0.400. The summed E-state index contributed by atoms with van der Waals surface area (Å²) in [6.45, 7) is 2.69. The molecule has 0 aliphatic carbocycles. The molecule has 1 fully saturated rings. The van der Waals surface area contributed by atoms with Crippen LogP contribution in [-0.2, 0) is 0 Å². The second kappa shape index (κ2) is 4.75. The van der Waals surface area contributed by atoms with Crippen LogP contribution >= 0.6 is 0 Å². The van der Waals surface area contributed by atoms with Gasteiger partial charge in [0.1, 0.15) is 5.82 Å². The summed E-state index contributed by atoms with van der Waals surface area (Å²) in [5.41, 5.74) is 0. The first-order chi connectivity index (χ1) is 7.34. The molecule has 0 spiro atoms. The van der Waals surface area contributed by atoms with Crippen LogP contribution in [0, 0.1) is 5.92 Å². The van der Waals surface area contributed by atoms with Gasteiger partial charge in [-0.1, -0.05) is 6.07 Å². The Hall–Kier alpha value is -1.62. The maximum absolute atomic E-state index is 11.4. The number of carbonyl (C=O) groups is 1. The number of hydrogen-bond donors (Lipinski definition) is 3. The minimum Gasteiger partial charge on any atom is -0.337 e. The molecule has 0 saturated carbocycles. The molecule has 0 radical (unpaired) electrons. The highest BCUT2D eigenvalue weighted by Gasteiger charge is 2.16. The van der Waals surface area contributed by atoms with Crippen molar-refractivity contribution < 1.29 is 4.79 Å². The van der Waals surface area contributed by atoms with Gasteiger partial charge in [-0.05, 0) is 12.1 Å². The number of nitrogens with one attached hydrogen (secondary N) is 3. The van der Waals surface area contributed by atoms with E-state index in [0.717, 1.165) is 13.1 Å². The predicted octanol–water partition coefficient (Wildman–Crippen LogP) is 0.422. The predicted molar refractivity (Wildman–Crippen MR) is 57.6 cm³/mol. The Labute approximate surface area is 88.3 Å². The Bertz CT molecular complexity index is 323. The summed E-state index contributed by atoms with van der Waals surface area (Å²) in [6.07, 6.45) is 1.64. The molecule has 5 nitrogen and oxygen atoms in total. The molecule has 3 N–H and O–H groups in total. The summed E-state index contributed by atoms with van der Waals surface area (Å²) in [5, 5.41) is 8.62. The monoisotopic (exact) mass is 206 g/mol. The summed E-state index contributed by atoms with van der Waals surface area (Å²) < 4.78 is 0. The first-order valence-corrected chi connectivity index (χ1v) is 5.01. The van der Waals surface area contributed by atoms with Gasteiger partial charge in [-0.3, -0.25) is 5.32 Å². The molecular formula is C10H14N4O. The fourth-order valence-corrected chi connectivity index (χ4v) is 1.33. The van der Waals surface area contributed by atoms with Crippen LogP contribution in [0.2, 0.25) is 0 Å². The third-order valence-electron chi connectivity index (χ3n) is 2.32. The van der Waals surface area contributed by atoms with Crippen molar-refractivity contribution in [2.24, 2.45) is 5.92 Å². The van der Waals surface area contributed by atoms with Crippen LogP contribution in [0.3, 0.4) is 0 Å². The van der Waals surface area contributed by atoms with E-state index in [-0.39, 0.29) is 6.03 Å². The van der Waals surface area contributed by atoms with E-state index in [2.05, 4.69) is 20.9 Å². The molecule has 2 amide bonds. The third kappa shape index (κ3) is 2.92. The molecule has 0 bridgehead atoms. The minimum absolute atomic E-state index is 0.194. The molecule has 2 heterocycles. The molecule has 80 valence electrons. The number of urea groups is 1. The van der Waals surface area contributed by atoms with Gasteiger partial charge in [0.05, 0.1) is 0 Å². The van der Waals surface area contributed by atoms with E-state index in [4.69, 9.17) is 0 Å². The van der Waals surface area contributed by atoms with Gasteiger partial charge in [-0.15, -0.1) is 0 Å². The highest BCUT2D eigenvalue weighted by atomic mass is 16.2. The van der Waals surface area contributed by atoms with Crippen LogP contribution in [0.15, 0.2) is 24.4 Å². The molecule has 1 saturated heterocycles. The van der Waals surface area contributed by atoms with Crippen LogP contribution in [0.5, 0.6) is 0 Å². The van der Waals surface area contributed by atoms with Gasteiger partial charge in [0.15, 0.2) is 0 Å². The summed E-state index contributed by atoms with van der Waals surface area (Å²) in [4.78, 5) is 15.4. The molecule has 0 unspecified atom stereocenters. The van der Waals surface area contributed by atoms with Gasteiger partial charge in [0, 0.05) is 31.7 Å². The maximum Gasteiger partial charge on any atom is 0.320 e. The number of pyridine rings is 1. The van der Waals surface area contributed by atoms with E-state index in [1.54, 1.807) is 12.3 Å². The van der Waals surface area contributed by atoms with Crippen molar-refractivity contribution in [2.45, 2.75) is 0 Å². The van der Waals surface area contributed by atoms with E-state index in [1.165, 1.54) is 0 Å². The topological polar surface area (TPSA) is 66.1 Å². The van der Waals surface area contributed by atoms with E-state index >= 15 is 0 Å². The summed E-state index contributed by atoms with van der Waals surface area (Å²) in [5.74, 6) is 1.14. The molecule has 15 heavy (non-hydrogen) atoms. The summed E-state index contributed by atoms with van der Waals surface area (Å²) in [6, 6.07) is 5.20. The van der Waals surface area contributed by atoms with Gasteiger partial charge in [0.2, 0.25) is 0 Å².